The lowest BCUT2D eigenvalue weighted by Gasteiger charge is -2.30. The molecule has 1 aromatic rings. The van der Waals surface area contributed by atoms with Crippen LogP contribution in [0.15, 0.2) is 24.3 Å². The minimum atomic E-state index is 0.711. The van der Waals surface area contributed by atoms with E-state index in [1.54, 1.807) is 7.11 Å². The molecule has 2 rings (SSSR count). The zero-order valence-electron chi connectivity index (χ0n) is 13.1. The Morgan fingerprint density at radius 2 is 2.10 bits per heavy atom. The second kappa shape index (κ2) is 7.53. The van der Waals surface area contributed by atoms with Crippen LogP contribution in [0.1, 0.15) is 32.6 Å². The van der Waals surface area contributed by atoms with Crippen molar-refractivity contribution in [3.8, 4) is 5.75 Å². The van der Waals surface area contributed by atoms with Crippen molar-refractivity contribution in [3.05, 3.63) is 24.3 Å². The molecule has 0 heterocycles. The normalized spacial score (nSPS) is 22.6. The summed E-state index contributed by atoms with van der Waals surface area (Å²) in [6.07, 6.45) is 5.50. The summed E-state index contributed by atoms with van der Waals surface area (Å²) >= 11 is 0. The number of hydrogen-bond acceptors (Lipinski definition) is 3. The third-order valence-corrected chi connectivity index (χ3v) is 4.46. The van der Waals surface area contributed by atoms with Gasteiger partial charge in [-0.05, 0) is 30.9 Å². The summed E-state index contributed by atoms with van der Waals surface area (Å²) in [6, 6.07) is 8.96. The summed E-state index contributed by atoms with van der Waals surface area (Å²) in [6.45, 7) is 4.45. The summed E-state index contributed by atoms with van der Waals surface area (Å²) in [5.41, 5.74) is 1.21. The molecule has 0 spiro atoms. The van der Waals surface area contributed by atoms with Crippen molar-refractivity contribution >= 4 is 5.69 Å². The molecular weight excluding hydrogens is 248 g/mol. The van der Waals surface area contributed by atoms with E-state index in [9.17, 15) is 0 Å². The highest BCUT2D eigenvalue weighted by atomic mass is 16.5. The molecule has 0 radical (unpaired) electrons. The Labute approximate surface area is 123 Å². The van der Waals surface area contributed by atoms with E-state index in [1.807, 2.05) is 12.1 Å². The number of ether oxygens (including phenoxy) is 1. The van der Waals surface area contributed by atoms with Gasteiger partial charge in [-0.25, -0.2) is 0 Å². The Kier molecular flexibility index (Phi) is 5.72. The molecule has 3 heteroatoms. The molecule has 20 heavy (non-hydrogen) atoms. The smallest absolute Gasteiger partial charge is 0.120 e. The Morgan fingerprint density at radius 3 is 2.85 bits per heavy atom. The van der Waals surface area contributed by atoms with Crippen molar-refractivity contribution in [3.63, 3.8) is 0 Å². The third-order valence-electron chi connectivity index (χ3n) is 4.46. The van der Waals surface area contributed by atoms with Gasteiger partial charge in [-0.2, -0.15) is 0 Å². The number of nitrogens with one attached hydrogen (secondary N) is 1. The monoisotopic (exact) mass is 276 g/mol. The third kappa shape index (κ3) is 4.14. The predicted molar refractivity (Wildman–Crippen MR) is 85.7 cm³/mol. The topological polar surface area (TPSA) is 24.5 Å². The Hall–Kier alpha value is -1.22. The second-order valence-corrected chi connectivity index (χ2v) is 5.95. The standard InChI is InChI=1S/C17H28N2O/c1-14-7-4-5-10-17(14)18-11-12-19(2)15-8-6-9-16(13-15)20-3/h6,8-9,13-14,17-18H,4-5,7,10-12H2,1-3H3. The average molecular weight is 276 g/mol. The first-order valence-electron chi connectivity index (χ1n) is 7.79. The fourth-order valence-electron chi connectivity index (χ4n) is 3.01. The first kappa shape index (κ1) is 15.2. The van der Waals surface area contributed by atoms with Crippen molar-refractivity contribution in [1.29, 1.82) is 0 Å². The van der Waals surface area contributed by atoms with Crippen LogP contribution in [-0.4, -0.2) is 33.3 Å². The van der Waals surface area contributed by atoms with Crippen molar-refractivity contribution in [2.75, 3.05) is 32.1 Å². The molecule has 3 nitrogen and oxygen atoms in total. The van der Waals surface area contributed by atoms with Gasteiger partial charge in [0.2, 0.25) is 0 Å². The molecule has 112 valence electrons. The van der Waals surface area contributed by atoms with Crippen LogP contribution in [0.4, 0.5) is 5.69 Å². The highest BCUT2D eigenvalue weighted by molar-refractivity contribution is 5.50. The van der Waals surface area contributed by atoms with Crippen LogP contribution < -0.4 is 15.0 Å². The number of nitrogens with zero attached hydrogens (tertiary/aromatic N) is 1. The molecule has 1 aliphatic carbocycles. The van der Waals surface area contributed by atoms with Crippen molar-refractivity contribution in [1.82, 2.24) is 5.32 Å². The molecular formula is C17H28N2O. The van der Waals surface area contributed by atoms with E-state index >= 15 is 0 Å². The molecule has 2 unspecified atom stereocenters. The quantitative estimate of drug-likeness (QED) is 0.863. The van der Waals surface area contributed by atoms with Gasteiger partial charge in [0, 0.05) is 37.9 Å². The molecule has 0 aliphatic heterocycles. The van der Waals surface area contributed by atoms with Crippen molar-refractivity contribution in [2.24, 2.45) is 5.92 Å². The maximum atomic E-state index is 5.28. The Morgan fingerprint density at radius 1 is 1.30 bits per heavy atom. The molecule has 0 aromatic heterocycles. The number of rotatable bonds is 6. The molecule has 0 amide bonds. The predicted octanol–water partition coefficient (Wildman–Crippen LogP) is 3.30. The van der Waals surface area contributed by atoms with Crippen molar-refractivity contribution in [2.45, 2.75) is 38.6 Å². The summed E-state index contributed by atoms with van der Waals surface area (Å²) in [7, 11) is 3.85. The maximum absolute atomic E-state index is 5.28. The van der Waals surface area contributed by atoms with Gasteiger partial charge in [0.1, 0.15) is 5.75 Å². The van der Waals surface area contributed by atoms with E-state index in [0.29, 0.717) is 6.04 Å². The fraction of sp³-hybridized carbons (Fsp3) is 0.647. The molecule has 0 saturated heterocycles. The van der Waals surface area contributed by atoms with Crippen LogP contribution in [-0.2, 0) is 0 Å². The lowest BCUT2D eigenvalue weighted by Crippen LogP contribution is -2.41. The first-order chi connectivity index (χ1) is 9.70. The summed E-state index contributed by atoms with van der Waals surface area (Å²) in [5, 5.41) is 3.73. The van der Waals surface area contributed by atoms with Gasteiger partial charge in [0.15, 0.2) is 0 Å². The Balaban J connectivity index is 1.78. The van der Waals surface area contributed by atoms with E-state index in [2.05, 4.69) is 36.3 Å². The highest BCUT2D eigenvalue weighted by Crippen LogP contribution is 2.23. The average Bonchev–Trinajstić information content (AvgIpc) is 2.49. The molecule has 0 bridgehead atoms. The highest BCUT2D eigenvalue weighted by Gasteiger charge is 2.20. The van der Waals surface area contributed by atoms with E-state index in [0.717, 1.165) is 24.8 Å². The lowest BCUT2D eigenvalue weighted by atomic mass is 9.86. The van der Waals surface area contributed by atoms with Crippen LogP contribution in [0, 0.1) is 5.92 Å². The molecule has 1 aromatic carbocycles. The van der Waals surface area contributed by atoms with Gasteiger partial charge < -0.3 is 15.0 Å². The van der Waals surface area contributed by atoms with Gasteiger partial charge in [-0.15, -0.1) is 0 Å². The van der Waals surface area contributed by atoms with Gasteiger partial charge in [0.25, 0.3) is 0 Å². The number of benzene rings is 1. The molecule has 1 aliphatic rings. The van der Waals surface area contributed by atoms with E-state index < -0.39 is 0 Å². The van der Waals surface area contributed by atoms with E-state index in [1.165, 1.54) is 31.4 Å². The van der Waals surface area contributed by atoms with Crippen LogP contribution in [0.2, 0.25) is 0 Å². The maximum Gasteiger partial charge on any atom is 0.120 e. The lowest BCUT2D eigenvalue weighted by molar-refractivity contribution is 0.283. The SMILES string of the molecule is COc1cccc(N(C)CCNC2CCCCC2C)c1. The zero-order chi connectivity index (χ0) is 14.4. The van der Waals surface area contributed by atoms with E-state index in [4.69, 9.17) is 4.74 Å². The summed E-state index contributed by atoms with van der Waals surface area (Å²) in [5.74, 6) is 1.74. The van der Waals surface area contributed by atoms with E-state index in [-0.39, 0.29) is 0 Å². The minimum Gasteiger partial charge on any atom is -0.497 e. The zero-order valence-corrected chi connectivity index (χ0v) is 13.1. The number of methoxy groups -OCH3 is 1. The van der Waals surface area contributed by atoms with Crippen LogP contribution >= 0.6 is 0 Å². The summed E-state index contributed by atoms with van der Waals surface area (Å²) in [4.78, 5) is 2.28. The largest absolute Gasteiger partial charge is 0.497 e. The van der Waals surface area contributed by atoms with Gasteiger partial charge in [-0.3, -0.25) is 0 Å². The Bertz CT molecular complexity index is 408. The summed E-state index contributed by atoms with van der Waals surface area (Å²) < 4.78 is 5.28. The molecule has 1 fully saturated rings. The van der Waals surface area contributed by atoms with Gasteiger partial charge >= 0.3 is 0 Å². The second-order valence-electron chi connectivity index (χ2n) is 5.95. The number of anilines is 1. The molecule has 1 N–H and O–H groups in total. The van der Waals surface area contributed by atoms with Crippen LogP contribution in [0.5, 0.6) is 5.75 Å². The van der Waals surface area contributed by atoms with Gasteiger partial charge in [0.05, 0.1) is 7.11 Å². The number of hydrogen-bond donors (Lipinski definition) is 1. The minimum absolute atomic E-state index is 0.711. The molecule has 1 saturated carbocycles. The number of likely N-dealkylation sites (N-methyl/N-ethyl adjacent to an activating group) is 1. The van der Waals surface area contributed by atoms with Crippen molar-refractivity contribution < 1.29 is 4.74 Å². The first-order valence-corrected chi connectivity index (χ1v) is 7.79. The molecule has 2 atom stereocenters. The van der Waals surface area contributed by atoms with Crippen LogP contribution in [0.25, 0.3) is 0 Å². The van der Waals surface area contributed by atoms with Crippen LogP contribution in [0.3, 0.4) is 0 Å². The fourth-order valence-corrected chi connectivity index (χ4v) is 3.01. The van der Waals surface area contributed by atoms with Gasteiger partial charge in [-0.1, -0.05) is 25.8 Å².